The van der Waals surface area contributed by atoms with Crippen LogP contribution in [-0.4, -0.2) is 5.91 Å². The fourth-order valence-corrected chi connectivity index (χ4v) is 2.72. The van der Waals surface area contributed by atoms with Crippen molar-refractivity contribution in [1.29, 1.82) is 0 Å². The molecular weight excluding hydrogens is 287 g/mol. The third kappa shape index (κ3) is 3.45. The molecule has 1 aromatic carbocycles. The molecule has 100 valence electrons. The highest BCUT2D eigenvalue weighted by atomic mass is 35.5. The van der Waals surface area contributed by atoms with E-state index in [9.17, 15) is 9.18 Å². The van der Waals surface area contributed by atoms with Gasteiger partial charge in [0.2, 0.25) is 0 Å². The van der Waals surface area contributed by atoms with Gasteiger partial charge in [-0.05, 0) is 37.3 Å². The number of nitrogens with one attached hydrogen (secondary N) is 1. The smallest absolute Gasteiger partial charge is 0.251 e. The predicted molar refractivity (Wildman–Crippen MR) is 76.0 cm³/mol. The minimum absolute atomic E-state index is 0.200. The molecule has 0 aliphatic rings. The van der Waals surface area contributed by atoms with Crippen molar-refractivity contribution in [1.82, 2.24) is 5.32 Å². The number of carbonyl (C=O) groups is 1. The van der Waals surface area contributed by atoms with Crippen LogP contribution in [0.2, 0.25) is 4.34 Å². The van der Waals surface area contributed by atoms with Crippen LogP contribution in [0.5, 0.6) is 0 Å². The maximum atomic E-state index is 13.2. The van der Waals surface area contributed by atoms with Crippen molar-refractivity contribution < 1.29 is 9.18 Å². The topological polar surface area (TPSA) is 55.1 Å². The Balaban J connectivity index is 2.12. The zero-order valence-electron chi connectivity index (χ0n) is 10.1. The van der Waals surface area contributed by atoms with Crippen molar-refractivity contribution >= 4 is 34.5 Å². The van der Waals surface area contributed by atoms with Crippen LogP contribution in [0.1, 0.15) is 28.2 Å². The molecule has 1 aromatic heterocycles. The highest BCUT2D eigenvalue weighted by molar-refractivity contribution is 7.16. The van der Waals surface area contributed by atoms with E-state index in [2.05, 4.69) is 5.32 Å². The molecule has 0 aliphatic carbocycles. The summed E-state index contributed by atoms with van der Waals surface area (Å²) in [6.07, 6.45) is 0. The second kappa shape index (κ2) is 5.59. The Hall–Kier alpha value is -1.59. The number of anilines is 1. The van der Waals surface area contributed by atoms with Gasteiger partial charge in [0.25, 0.3) is 5.91 Å². The first kappa shape index (κ1) is 13.8. The van der Waals surface area contributed by atoms with Crippen LogP contribution in [0.3, 0.4) is 0 Å². The standard InChI is InChI=1S/C13H12ClFN2OS/c1-7(11-2-3-12(14)19-11)17-13(18)8-4-9(15)6-10(16)5-8/h2-7H,16H2,1H3,(H,17,18). The van der Waals surface area contributed by atoms with Gasteiger partial charge in [0.05, 0.1) is 10.4 Å². The van der Waals surface area contributed by atoms with Crippen LogP contribution in [0, 0.1) is 5.82 Å². The normalized spacial score (nSPS) is 12.2. The van der Waals surface area contributed by atoms with Gasteiger partial charge in [-0.1, -0.05) is 11.6 Å². The highest BCUT2D eigenvalue weighted by Gasteiger charge is 2.14. The summed E-state index contributed by atoms with van der Waals surface area (Å²) < 4.78 is 13.8. The summed E-state index contributed by atoms with van der Waals surface area (Å²) in [5, 5.41) is 2.77. The zero-order valence-corrected chi connectivity index (χ0v) is 11.7. The van der Waals surface area contributed by atoms with Crippen LogP contribution >= 0.6 is 22.9 Å². The predicted octanol–water partition coefficient (Wildman–Crippen LogP) is 3.61. The minimum atomic E-state index is -0.531. The third-order valence-corrected chi connectivity index (χ3v) is 3.96. The first-order chi connectivity index (χ1) is 8.95. The molecule has 0 fully saturated rings. The number of nitrogens with two attached hydrogens (primary N) is 1. The molecule has 3 nitrogen and oxygen atoms in total. The van der Waals surface area contributed by atoms with Gasteiger partial charge in [-0.2, -0.15) is 0 Å². The lowest BCUT2D eigenvalue weighted by molar-refractivity contribution is 0.0940. The van der Waals surface area contributed by atoms with Crippen LogP contribution in [0.15, 0.2) is 30.3 Å². The Morgan fingerprint density at radius 1 is 1.42 bits per heavy atom. The summed E-state index contributed by atoms with van der Waals surface area (Å²) >= 11 is 7.23. The van der Waals surface area contributed by atoms with Crippen LogP contribution < -0.4 is 11.1 Å². The van der Waals surface area contributed by atoms with Crippen molar-refractivity contribution in [2.75, 3.05) is 5.73 Å². The molecule has 19 heavy (non-hydrogen) atoms. The van der Waals surface area contributed by atoms with E-state index in [0.717, 1.165) is 10.9 Å². The van der Waals surface area contributed by atoms with Gasteiger partial charge in [-0.3, -0.25) is 4.79 Å². The summed E-state index contributed by atoms with van der Waals surface area (Å²) in [7, 11) is 0. The Morgan fingerprint density at radius 3 is 2.74 bits per heavy atom. The van der Waals surface area contributed by atoms with Gasteiger partial charge in [0.1, 0.15) is 5.82 Å². The lowest BCUT2D eigenvalue weighted by atomic mass is 10.1. The monoisotopic (exact) mass is 298 g/mol. The molecule has 1 atom stereocenters. The van der Waals surface area contributed by atoms with Gasteiger partial charge in [0, 0.05) is 16.1 Å². The average molecular weight is 299 g/mol. The minimum Gasteiger partial charge on any atom is -0.399 e. The molecule has 0 spiro atoms. The van der Waals surface area contributed by atoms with Crippen LogP contribution in [0.25, 0.3) is 0 Å². The van der Waals surface area contributed by atoms with Crippen LogP contribution in [-0.2, 0) is 0 Å². The van der Waals surface area contributed by atoms with Crippen molar-refractivity contribution in [3.63, 3.8) is 0 Å². The quantitative estimate of drug-likeness (QED) is 0.851. The Morgan fingerprint density at radius 2 is 2.16 bits per heavy atom. The van der Waals surface area contributed by atoms with Crippen molar-refractivity contribution in [2.24, 2.45) is 0 Å². The Bertz CT molecular complexity index is 594. The second-order valence-electron chi connectivity index (χ2n) is 4.11. The van der Waals surface area contributed by atoms with Crippen LogP contribution in [0.4, 0.5) is 10.1 Å². The maximum Gasteiger partial charge on any atom is 0.251 e. The largest absolute Gasteiger partial charge is 0.399 e. The number of rotatable bonds is 3. The van der Waals surface area contributed by atoms with E-state index in [1.807, 2.05) is 13.0 Å². The highest BCUT2D eigenvalue weighted by Crippen LogP contribution is 2.26. The Labute approximate surface area is 119 Å². The molecule has 1 amide bonds. The molecule has 6 heteroatoms. The van der Waals surface area contributed by atoms with Crippen molar-refractivity contribution in [3.8, 4) is 0 Å². The molecule has 0 saturated heterocycles. The first-order valence-corrected chi connectivity index (χ1v) is 6.77. The maximum absolute atomic E-state index is 13.2. The summed E-state index contributed by atoms with van der Waals surface area (Å²) in [6, 6.07) is 7.17. The molecule has 3 N–H and O–H groups in total. The fraction of sp³-hybridized carbons (Fsp3) is 0.154. The SMILES string of the molecule is CC(NC(=O)c1cc(N)cc(F)c1)c1ccc(Cl)s1. The van der Waals surface area contributed by atoms with Gasteiger partial charge in [-0.15, -0.1) is 11.3 Å². The molecule has 0 radical (unpaired) electrons. The summed E-state index contributed by atoms with van der Waals surface area (Å²) in [4.78, 5) is 12.9. The summed E-state index contributed by atoms with van der Waals surface area (Å²) in [5.41, 5.74) is 5.93. The molecular formula is C13H12ClFN2OS. The number of thiophene rings is 1. The molecule has 1 unspecified atom stereocenters. The molecule has 2 rings (SSSR count). The summed E-state index contributed by atoms with van der Waals surface area (Å²) in [5.74, 6) is -0.903. The second-order valence-corrected chi connectivity index (χ2v) is 5.86. The molecule has 0 saturated carbocycles. The number of halogens is 2. The lowest BCUT2D eigenvalue weighted by Gasteiger charge is -2.12. The molecule has 0 bridgehead atoms. The van der Waals surface area contributed by atoms with E-state index in [1.54, 1.807) is 6.07 Å². The van der Waals surface area contributed by atoms with Gasteiger partial charge in [0.15, 0.2) is 0 Å². The number of hydrogen-bond donors (Lipinski definition) is 2. The van der Waals surface area contributed by atoms with E-state index in [4.69, 9.17) is 17.3 Å². The molecule has 1 heterocycles. The zero-order chi connectivity index (χ0) is 14.0. The number of carbonyl (C=O) groups excluding carboxylic acids is 1. The van der Waals surface area contributed by atoms with E-state index < -0.39 is 5.82 Å². The number of hydrogen-bond acceptors (Lipinski definition) is 3. The van der Waals surface area contributed by atoms with Gasteiger partial charge >= 0.3 is 0 Å². The van der Waals surface area contributed by atoms with Crippen molar-refractivity contribution in [3.05, 3.63) is 50.9 Å². The fourth-order valence-electron chi connectivity index (χ4n) is 1.66. The first-order valence-electron chi connectivity index (χ1n) is 5.58. The Kier molecular flexibility index (Phi) is 4.07. The van der Waals surface area contributed by atoms with E-state index in [-0.39, 0.29) is 23.2 Å². The van der Waals surface area contributed by atoms with Crippen molar-refractivity contribution in [2.45, 2.75) is 13.0 Å². The van der Waals surface area contributed by atoms with Gasteiger partial charge in [-0.25, -0.2) is 4.39 Å². The number of amides is 1. The third-order valence-electron chi connectivity index (χ3n) is 2.55. The van der Waals surface area contributed by atoms with E-state index in [0.29, 0.717) is 4.34 Å². The van der Waals surface area contributed by atoms with E-state index in [1.165, 1.54) is 23.5 Å². The average Bonchev–Trinajstić information content (AvgIpc) is 2.74. The number of benzene rings is 1. The summed E-state index contributed by atoms with van der Waals surface area (Å²) in [6.45, 7) is 1.84. The number of nitrogen functional groups attached to an aromatic ring is 1. The van der Waals surface area contributed by atoms with E-state index >= 15 is 0 Å². The van der Waals surface area contributed by atoms with Gasteiger partial charge < -0.3 is 11.1 Å². The lowest BCUT2D eigenvalue weighted by Crippen LogP contribution is -2.26. The molecule has 0 aliphatic heterocycles. The molecule has 2 aromatic rings.